The maximum atomic E-state index is 6.49. The van der Waals surface area contributed by atoms with Crippen LogP contribution >= 0.6 is 0 Å². The summed E-state index contributed by atoms with van der Waals surface area (Å²) in [6.07, 6.45) is 0. The van der Waals surface area contributed by atoms with Gasteiger partial charge in [0.05, 0.1) is 16.7 Å². The van der Waals surface area contributed by atoms with Gasteiger partial charge in [-0.2, -0.15) is 0 Å². The number of aromatic nitrogens is 1. The van der Waals surface area contributed by atoms with Gasteiger partial charge in [0.25, 0.3) is 0 Å². The van der Waals surface area contributed by atoms with Crippen molar-refractivity contribution < 1.29 is 0 Å². The second-order valence-corrected chi connectivity index (χ2v) is 4.96. The van der Waals surface area contributed by atoms with Crippen molar-refractivity contribution in [2.24, 2.45) is 5.73 Å². The molecule has 0 fully saturated rings. The lowest BCUT2D eigenvalue weighted by Crippen LogP contribution is -2.35. The van der Waals surface area contributed by atoms with Crippen molar-refractivity contribution >= 4 is 10.9 Å². The topological polar surface area (TPSA) is 38.9 Å². The molecule has 0 radical (unpaired) electrons. The first-order chi connectivity index (χ1) is 9.18. The standard InChI is InChI=1S/C17H16N2/c1-17(18,14-8-3-2-4-9-14)16-12-11-13-7-5-6-10-15(13)19-16/h2-12H,18H2,1H3. The number of fused-ring (bicyclic) bond motifs is 1. The molecule has 2 nitrogen and oxygen atoms in total. The number of benzene rings is 2. The van der Waals surface area contributed by atoms with Crippen molar-refractivity contribution in [3.8, 4) is 0 Å². The van der Waals surface area contributed by atoms with Crippen LogP contribution in [0.4, 0.5) is 0 Å². The lowest BCUT2D eigenvalue weighted by molar-refractivity contribution is 0.584. The third-order valence-electron chi connectivity index (χ3n) is 3.50. The maximum absolute atomic E-state index is 6.49. The van der Waals surface area contributed by atoms with Crippen molar-refractivity contribution in [1.29, 1.82) is 0 Å². The summed E-state index contributed by atoms with van der Waals surface area (Å²) in [4.78, 5) is 4.70. The van der Waals surface area contributed by atoms with Gasteiger partial charge in [0, 0.05) is 5.39 Å². The molecule has 0 aliphatic rings. The number of rotatable bonds is 2. The van der Waals surface area contributed by atoms with Crippen LogP contribution in [0.25, 0.3) is 10.9 Å². The van der Waals surface area contributed by atoms with E-state index in [1.54, 1.807) is 0 Å². The number of nitrogens with zero attached hydrogens (tertiary/aromatic N) is 1. The predicted octanol–water partition coefficient (Wildman–Crippen LogP) is 3.46. The molecule has 0 amide bonds. The zero-order valence-electron chi connectivity index (χ0n) is 10.9. The maximum Gasteiger partial charge on any atom is 0.0810 e. The molecule has 2 aromatic carbocycles. The van der Waals surface area contributed by atoms with Crippen LogP contribution in [0.5, 0.6) is 0 Å². The van der Waals surface area contributed by atoms with Crippen LogP contribution < -0.4 is 5.73 Å². The van der Waals surface area contributed by atoms with Crippen LogP contribution in [0, 0.1) is 0 Å². The molecule has 94 valence electrons. The monoisotopic (exact) mass is 248 g/mol. The van der Waals surface area contributed by atoms with E-state index >= 15 is 0 Å². The summed E-state index contributed by atoms with van der Waals surface area (Å²) in [7, 11) is 0. The van der Waals surface area contributed by atoms with Gasteiger partial charge in [-0.05, 0) is 24.6 Å². The van der Waals surface area contributed by atoms with Crippen LogP contribution in [0.3, 0.4) is 0 Å². The number of para-hydroxylation sites is 1. The summed E-state index contributed by atoms with van der Waals surface area (Å²) < 4.78 is 0. The average molecular weight is 248 g/mol. The van der Waals surface area contributed by atoms with E-state index in [2.05, 4.69) is 12.1 Å². The number of hydrogen-bond acceptors (Lipinski definition) is 2. The molecule has 0 bridgehead atoms. The van der Waals surface area contributed by atoms with Crippen LogP contribution in [0.2, 0.25) is 0 Å². The largest absolute Gasteiger partial charge is 0.317 e. The van der Waals surface area contributed by atoms with E-state index in [4.69, 9.17) is 10.7 Å². The minimum atomic E-state index is -0.578. The Morgan fingerprint density at radius 2 is 1.53 bits per heavy atom. The van der Waals surface area contributed by atoms with E-state index in [0.29, 0.717) is 0 Å². The first-order valence-corrected chi connectivity index (χ1v) is 6.38. The minimum Gasteiger partial charge on any atom is -0.317 e. The number of pyridine rings is 1. The van der Waals surface area contributed by atoms with Crippen molar-refractivity contribution in [2.75, 3.05) is 0 Å². The Bertz CT molecular complexity index is 703. The zero-order valence-corrected chi connectivity index (χ0v) is 10.9. The fraction of sp³-hybridized carbons (Fsp3) is 0.118. The minimum absolute atomic E-state index is 0.578. The molecule has 1 atom stereocenters. The van der Waals surface area contributed by atoms with Crippen LogP contribution in [-0.4, -0.2) is 4.98 Å². The molecule has 0 saturated heterocycles. The molecule has 1 aromatic heterocycles. The van der Waals surface area contributed by atoms with Crippen molar-refractivity contribution in [3.63, 3.8) is 0 Å². The molecule has 3 aromatic rings. The van der Waals surface area contributed by atoms with Gasteiger partial charge >= 0.3 is 0 Å². The normalized spacial score (nSPS) is 14.2. The number of nitrogens with two attached hydrogens (primary N) is 1. The van der Waals surface area contributed by atoms with E-state index in [0.717, 1.165) is 22.2 Å². The van der Waals surface area contributed by atoms with Crippen LogP contribution in [-0.2, 0) is 5.54 Å². The van der Waals surface area contributed by atoms with Crippen LogP contribution in [0.15, 0.2) is 66.7 Å². The van der Waals surface area contributed by atoms with Gasteiger partial charge in [-0.25, -0.2) is 0 Å². The smallest absolute Gasteiger partial charge is 0.0810 e. The molecular weight excluding hydrogens is 232 g/mol. The molecule has 2 N–H and O–H groups in total. The highest BCUT2D eigenvalue weighted by atomic mass is 14.8. The lowest BCUT2D eigenvalue weighted by Gasteiger charge is -2.25. The van der Waals surface area contributed by atoms with Gasteiger partial charge in [-0.15, -0.1) is 0 Å². The average Bonchev–Trinajstić information content (AvgIpc) is 2.47. The van der Waals surface area contributed by atoms with E-state index in [-0.39, 0.29) is 0 Å². The summed E-state index contributed by atoms with van der Waals surface area (Å²) in [5, 5.41) is 1.13. The first-order valence-electron chi connectivity index (χ1n) is 6.38. The Kier molecular flexibility index (Phi) is 2.80. The Morgan fingerprint density at radius 3 is 2.32 bits per heavy atom. The molecule has 0 aliphatic heterocycles. The first kappa shape index (κ1) is 11.9. The van der Waals surface area contributed by atoms with Gasteiger partial charge < -0.3 is 5.73 Å². The Balaban J connectivity index is 2.13. The van der Waals surface area contributed by atoms with Gasteiger partial charge in [-0.3, -0.25) is 4.98 Å². The molecule has 2 heteroatoms. The molecule has 19 heavy (non-hydrogen) atoms. The summed E-state index contributed by atoms with van der Waals surface area (Å²) in [5.74, 6) is 0. The molecule has 1 unspecified atom stereocenters. The second kappa shape index (κ2) is 4.48. The fourth-order valence-corrected chi connectivity index (χ4v) is 2.29. The predicted molar refractivity (Wildman–Crippen MR) is 78.8 cm³/mol. The highest BCUT2D eigenvalue weighted by Gasteiger charge is 2.25. The van der Waals surface area contributed by atoms with Gasteiger partial charge in [-0.1, -0.05) is 54.6 Å². The summed E-state index contributed by atoms with van der Waals surface area (Å²) in [6, 6.07) is 22.2. The molecule has 0 saturated carbocycles. The quantitative estimate of drug-likeness (QED) is 0.754. The second-order valence-electron chi connectivity index (χ2n) is 4.96. The van der Waals surface area contributed by atoms with Crippen molar-refractivity contribution in [2.45, 2.75) is 12.5 Å². The highest BCUT2D eigenvalue weighted by Crippen LogP contribution is 2.26. The molecule has 0 aliphatic carbocycles. The zero-order chi connectivity index (χ0) is 13.3. The third-order valence-corrected chi connectivity index (χ3v) is 3.50. The SMILES string of the molecule is CC(N)(c1ccccc1)c1ccc2ccccc2n1. The summed E-state index contributed by atoms with van der Waals surface area (Å²) in [6.45, 7) is 2.00. The molecular formula is C17H16N2. The Morgan fingerprint density at radius 1 is 0.842 bits per heavy atom. The molecule has 1 heterocycles. The highest BCUT2D eigenvalue weighted by molar-refractivity contribution is 5.78. The Labute approximate surface area is 112 Å². The molecule has 0 spiro atoms. The van der Waals surface area contributed by atoms with E-state index in [1.807, 2.05) is 61.5 Å². The lowest BCUT2D eigenvalue weighted by atomic mass is 9.89. The summed E-state index contributed by atoms with van der Waals surface area (Å²) >= 11 is 0. The van der Waals surface area contributed by atoms with Gasteiger partial charge in [0.2, 0.25) is 0 Å². The van der Waals surface area contributed by atoms with Gasteiger partial charge in [0.15, 0.2) is 0 Å². The van der Waals surface area contributed by atoms with E-state index in [9.17, 15) is 0 Å². The van der Waals surface area contributed by atoms with Crippen molar-refractivity contribution in [3.05, 3.63) is 78.0 Å². The molecule has 3 rings (SSSR count). The Hall–Kier alpha value is -2.19. The van der Waals surface area contributed by atoms with Crippen LogP contribution in [0.1, 0.15) is 18.2 Å². The third kappa shape index (κ3) is 2.11. The van der Waals surface area contributed by atoms with Crippen molar-refractivity contribution in [1.82, 2.24) is 4.98 Å². The van der Waals surface area contributed by atoms with Gasteiger partial charge in [0.1, 0.15) is 0 Å². The fourth-order valence-electron chi connectivity index (χ4n) is 2.29. The number of hydrogen-bond donors (Lipinski definition) is 1. The van der Waals surface area contributed by atoms with E-state index in [1.165, 1.54) is 0 Å². The summed E-state index contributed by atoms with van der Waals surface area (Å²) in [5.41, 5.74) is 8.84. The van der Waals surface area contributed by atoms with E-state index < -0.39 is 5.54 Å².